The molecule has 0 heterocycles. The minimum Gasteiger partial charge on any atom is -0.490 e. The maximum absolute atomic E-state index is 8.73. The molecular formula is C12H17ClN2O2. The molecule has 0 fully saturated rings. The van der Waals surface area contributed by atoms with E-state index >= 15 is 0 Å². The minimum absolute atomic E-state index is 0.0449. The van der Waals surface area contributed by atoms with Crippen LogP contribution in [0.3, 0.4) is 0 Å². The molecule has 4 nitrogen and oxygen atoms in total. The van der Waals surface area contributed by atoms with Gasteiger partial charge in [-0.15, -0.1) is 0 Å². The first-order valence-corrected chi connectivity index (χ1v) is 5.94. The fourth-order valence-corrected chi connectivity index (χ4v) is 1.80. The summed E-state index contributed by atoms with van der Waals surface area (Å²) in [5.41, 5.74) is 6.02. The molecule has 0 saturated heterocycles. The molecule has 3 N–H and O–H groups in total. The molecule has 0 amide bonds. The van der Waals surface area contributed by atoms with Crippen LogP contribution in [0.25, 0.3) is 0 Å². The van der Waals surface area contributed by atoms with Crippen molar-refractivity contribution >= 4 is 17.4 Å². The van der Waals surface area contributed by atoms with Crippen molar-refractivity contribution in [3.63, 3.8) is 0 Å². The molecule has 1 aromatic rings. The molecule has 1 rings (SSSR count). The van der Waals surface area contributed by atoms with Gasteiger partial charge in [0, 0.05) is 0 Å². The van der Waals surface area contributed by atoms with Gasteiger partial charge in [-0.2, -0.15) is 0 Å². The van der Waals surface area contributed by atoms with Crippen LogP contribution in [0.5, 0.6) is 5.75 Å². The van der Waals surface area contributed by atoms with Crippen molar-refractivity contribution < 1.29 is 9.94 Å². The molecule has 0 radical (unpaired) electrons. The molecule has 0 saturated carbocycles. The number of ether oxygens (including phenoxy) is 1. The SMILES string of the molecule is CCC(CC)Oc1cccc(Cl)c1/C(N)=N/O. The summed E-state index contributed by atoms with van der Waals surface area (Å²) < 4.78 is 5.79. The molecule has 0 aliphatic carbocycles. The number of hydrogen-bond donors (Lipinski definition) is 2. The van der Waals surface area contributed by atoms with Crippen molar-refractivity contribution in [3.8, 4) is 5.75 Å². The van der Waals surface area contributed by atoms with Gasteiger partial charge in [-0.25, -0.2) is 0 Å². The Kier molecular flexibility index (Phi) is 5.10. The zero-order chi connectivity index (χ0) is 12.8. The maximum atomic E-state index is 8.73. The fourth-order valence-electron chi connectivity index (χ4n) is 1.54. The molecule has 0 bridgehead atoms. The lowest BCUT2D eigenvalue weighted by Gasteiger charge is -2.18. The molecule has 0 aliphatic heterocycles. The molecule has 5 heteroatoms. The third-order valence-corrected chi connectivity index (χ3v) is 2.86. The topological polar surface area (TPSA) is 67.8 Å². The summed E-state index contributed by atoms with van der Waals surface area (Å²) >= 11 is 6.02. The second kappa shape index (κ2) is 6.35. The van der Waals surface area contributed by atoms with E-state index in [2.05, 4.69) is 5.16 Å². The van der Waals surface area contributed by atoms with Crippen molar-refractivity contribution in [3.05, 3.63) is 28.8 Å². The summed E-state index contributed by atoms with van der Waals surface area (Å²) in [4.78, 5) is 0. The quantitative estimate of drug-likeness (QED) is 0.368. The lowest BCUT2D eigenvalue weighted by Crippen LogP contribution is -2.19. The van der Waals surface area contributed by atoms with Crippen LogP contribution in [0.2, 0.25) is 5.02 Å². The Morgan fingerprint density at radius 1 is 1.47 bits per heavy atom. The Labute approximate surface area is 106 Å². The number of oxime groups is 1. The van der Waals surface area contributed by atoms with Crippen molar-refractivity contribution in [1.29, 1.82) is 0 Å². The number of amidine groups is 1. The zero-order valence-electron chi connectivity index (χ0n) is 9.98. The summed E-state index contributed by atoms with van der Waals surface area (Å²) in [6.45, 7) is 4.09. The standard InChI is InChI=1S/C12H17ClN2O2/c1-3-8(4-2)17-10-7-5-6-9(13)11(10)12(14)15-16/h5-8,16H,3-4H2,1-2H3,(H2,14,15). The maximum Gasteiger partial charge on any atom is 0.175 e. The third kappa shape index (κ3) is 3.27. The lowest BCUT2D eigenvalue weighted by atomic mass is 10.1. The molecule has 0 spiro atoms. The van der Waals surface area contributed by atoms with E-state index in [0.29, 0.717) is 16.3 Å². The highest BCUT2D eigenvalue weighted by molar-refractivity contribution is 6.34. The Hall–Kier alpha value is -1.42. The molecule has 0 atom stereocenters. The fraction of sp³-hybridized carbons (Fsp3) is 0.417. The first-order chi connectivity index (χ1) is 8.13. The van der Waals surface area contributed by atoms with Crippen molar-refractivity contribution in [1.82, 2.24) is 0 Å². The van der Waals surface area contributed by atoms with E-state index in [1.807, 2.05) is 13.8 Å². The molecule has 94 valence electrons. The van der Waals surface area contributed by atoms with Gasteiger partial charge in [-0.3, -0.25) is 0 Å². The van der Waals surface area contributed by atoms with Gasteiger partial charge in [0.1, 0.15) is 5.75 Å². The Morgan fingerprint density at radius 2 is 2.12 bits per heavy atom. The Morgan fingerprint density at radius 3 is 2.65 bits per heavy atom. The van der Waals surface area contributed by atoms with Gasteiger partial charge < -0.3 is 15.7 Å². The monoisotopic (exact) mass is 256 g/mol. The average Bonchev–Trinajstić information content (AvgIpc) is 2.35. The van der Waals surface area contributed by atoms with Crippen LogP contribution in [-0.2, 0) is 0 Å². The summed E-state index contributed by atoms with van der Waals surface area (Å²) in [5, 5.41) is 12.1. The van der Waals surface area contributed by atoms with E-state index in [1.54, 1.807) is 18.2 Å². The molecule has 0 unspecified atom stereocenters. The van der Waals surface area contributed by atoms with Crippen LogP contribution in [0.15, 0.2) is 23.4 Å². The van der Waals surface area contributed by atoms with Gasteiger partial charge in [0.15, 0.2) is 5.84 Å². The molecular weight excluding hydrogens is 240 g/mol. The van der Waals surface area contributed by atoms with Crippen LogP contribution < -0.4 is 10.5 Å². The summed E-state index contributed by atoms with van der Waals surface area (Å²) in [5.74, 6) is 0.498. The van der Waals surface area contributed by atoms with E-state index in [4.69, 9.17) is 27.3 Å². The lowest BCUT2D eigenvalue weighted by molar-refractivity contribution is 0.192. The largest absolute Gasteiger partial charge is 0.490 e. The zero-order valence-corrected chi connectivity index (χ0v) is 10.7. The summed E-state index contributed by atoms with van der Waals surface area (Å²) in [6.07, 6.45) is 1.87. The van der Waals surface area contributed by atoms with Gasteiger partial charge in [0.2, 0.25) is 0 Å². The number of rotatable bonds is 5. The van der Waals surface area contributed by atoms with Crippen molar-refractivity contribution in [2.24, 2.45) is 10.9 Å². The van der Waals surface area contributed by atoms with Crippen LogP contribution in [0.1, 0.15) is 32.3 Å². The number of nitrogens with zero attached hydrogens (tertiary/aromatic N) is 1. The van der Waals surface area contributed by atoms with E-state index < -0.39 is 0 Å². The highest BCUT2D eigenvalue weighted by atomic mass is 35.5. The second-order valence-corrected chi connectivity index (χ2v) is 4.06. The molecule has 17 heavy (non-hydrogen) atoms. The van der Waals surface area contributed by atoms with Crippen molar-refractivity contribution in [2.45, 2.75) is 32.8 Å². The molecule has 0 aromatic heterocycles. The van der Waals surface area contributed by atoms with Gasteiger partial charge in [-0.1, -0.05) is 36.7 Å². The molecule has 0 aliphatic rings. The first kappa shape index (κ1) is 13.6. The van der Waals surface area contributed by atoms with Crippen LogP contribution in [0, 0.1) is 0 Å². The van der Waals surface area contributed by atoms with Crippen LogP contribution in [0.4, 0.5) is 0 Å². The Balaban J connectivity index is 3.11. The van der Waals surface area contributed by atoms with E-state index in [0.717, 1.165) is 12.8 Å². The number of benzene rings is 1. The predicted octanol–water partition coefficient (Wildman–Crippen LogP) is 3.00. The van der Waals surface area contributed by atoms with Gasteiger partial charge in [0.25, 0.3) is 0 Å². The summed E-state index contributed by atoms with van der Waals surface area (Å²) in [7, 11) is 0. The summed E-state index contributed by atoms with van der Waals surface area (Å²) in [6, 6.07) is 5.21. The highest BCUT2D eigenvalue weighted by Crippen LogP contribution is 2.27. The third-order valence-electron chi connectivity index (χ3n) is 2.54. The number of hydrogen-bond acceptors (Lipinski definition) is 3. The van der Waals surface area contributed by atoms with E-state index in [-0.39, 0.29) is 11.9 Å². The average molecular weight is 257 g/mol. The molecule has 1 aromatic carbocycles. The Bertz CT molecular complexity index is 403. The van der Waals surface area contributed by atoms with Crippen LogP contribution >= 0.6 is 11.6 Å². The van der Waals surface area contributed by atoms with Gasteiger partial charge in [0.05, 0.1) is 16.7 Å². The van der Waals surface area contributed by atoms with Gasteiger partial charge >= 0.3 is 0 Å². The van der Waals surface area contributed by atoms with Crippen LogP contribution in [-0.4, -0.2) is 17.1 Å². The van der Waals surface area contributed by atoms with E-state index in [1.165, 1.54) is 0 Å². The second-order valence-electron chi connectivity index (χ2n) is 3.65. The first-order valence-electron chi connectivity index (χ1n) is 5.57. The smallest absolute Gasteiger partial charge is 0.175 e. The van der Waals surface area contributed by atoms with Crippen molar-refractivity contribution in [2.75, 3.05) is 0 Å². The number of halogens is 1. The van der Waals surface area contributed by atoms with E-state index in [9.17, 15) is 0 Å². The minimum atomic E-state index is -0.0449. The number of nitrogens with two attached hydrogens (primary N) is 1. The normalized spacial score (nSPS) is 11.9. The highest BCUT2D eigenvalue weighted by Gasteiger charge is 2.15. The predicted molar refractivity (Wildman–Crippen MR) is 69.0 cm³/mol. The van der Waals surface area contributed by atoms with Gasteiger partial charge in [-0.05, 0) is 25.0 Å².